The highest BCUT2D eigenvalue weighted by atomic mass is 16.3. The summed E-state index contributed by atoms with van der Waals surface area (Å²) in [4.78, 5) is 22.6. The predicted molar refractivity (Wildman–Crippen MR) is 44.6 cm³/mol. The average Bonchev–Trinajstić information content (AvgIpc) is 2.02. The van der Waals surface area contributed by atoms with Gasteiger partial charge in [0.2, 0.25) is 0 Å². The quantitative estimate of drug-likeness (QED) is 0.599. The van der Waals surface area contributed by atoms with Crippen molar-refractivity contribution < 1.29 is 14.7 Å². The van der Waals surface area contributed by atoms with Gasteiger partial charge in [0.15, 0.2) is 0 Å². The van der Waals surface area contributed by atoms with E-state index >= 15 is 0 Å². The lowest BCUT2D eigenvalue weighted by atomic mass is 10.2. The van der Waals surface area contributed by atoms with Crippen LogP contribution in [0.2, 0.25) is 0 Å². The van der Waals surface area contributed by atoms with Gasteiger partial charge >= 0.3 is 0 Å². The van der Waals surface area contributed by atoms with E-state index in [-0.39, 0.29) is 12.5 Å². The van der Waals surface area contributed by atoms with Crippen LogP contribution in [0.1, 0.15) is 20.3 Å². The summed E-state index contributed by atoms with van der Waals surface area (Å²) in [6, 6.07) is 0.0406. The van der Waals surface area contributed by atoms with Gasteiger partial charge in [0.25, 0.3) is 5.91 Å². The van der Waals surface area contributed by atoms with Crippen molar-refractivity contribution in [2.24, 2.45) is 0 Å². The van der Waals surface area contributed by atoms with Gasteiger partial charge < -0.3 is 14.8 Å². The second-order valence-corrected chi connectivity index (χ2v) is 2.96. The Labute approximate surface area is 72.2 Å². The van der Waals surface area contributed by atoms with E-state index < -0.39 is 12.0 Å². The molecule has 0 aliphatic heterocycles. The number of amides is 1. The van der Waals surface area contributed by atoms with Gasteiger partial charge in [-0.3, -0.25) is 4.79 Å². The molecule has 0 aromatic carbocycles. The molecule has 0 fully saturated rings. The minimum atomic E-state index is -1.19. The Bertz CT molecular complexity index is 168. The van der Waals surface area contributed by atoms with Crippen LogP contribution in [0.3, 0.4) is 0 Å². The second-order valence-electron chi connectivity index (χ2n) is 2.96. The molecule has 0 rings (SSSR count). The number of carbonyl (C=O) groups is 2. The molecule has 1 N–H and O–H groups in total. The molecule has 0 aromatic heterocycles. The zero-order valence-electron chi connectivity index (χ0n) is 7.65. The Morgan fingerprint density at radius 2 is 2.08 bits per heavy atom. The van der Waals surface area contributed by atoms with E-state index in [0.717, 1.165) is 0 Å². The standard InChI is InChI=1S/C8H15NO3/c1-6(2)9(3)8(12)7(11)4-5-10/h5-7,11H,4H2,1-3H3. The molecule has 0 heterocycles. The topological polar surface area (TPSA) is 57.6 Å². The Morgan fingerprint density at radius 3 is 2.42 bits per heavy atom. The van der Waals surface area contributed by atoms with E-state index in [1.54, 1.807) is 7.05 Å². The Kier molecular flexibility index (Phi) is 4.51. The lowest BCUT2D eigenvalue weighted by Crippen LogP contribution is -2.40. The number of aliphatic hydroxyl groups is 1. The van der Waals surface area contributed by atoms with Crippen LogP contribution in [-0.2, 0) is 9.59 Å². The lowest BCUT2D eigenvalue weighted by molar-refractivity contribution is -0.141. The highest BCUT2D eigenvalue weighted by Crippen LogP contribution is 2.00. The molecule has 0 bridgehead atoms. The molecule has 1 amide bonds. The van der Waals surface area contributed by atoms with Gasteiger partial charge in [0.05, 0.1) is 0 Å². The van der Waals surface area contributed by atoms with Crippen LogP contribution in [0.25, 0.3) is 0 Å². The summed E-state index contributed by atoms with van der Waals surface area (Å²) in [7, 11) is 1.60. The summed E-state index contributed by atoms with van der Waals surface area (Å²) in [6.45, 7) is 3.68. The van der Waals surface area contributed by atoms with Gasteiger partial charge in [0.1, 0.15) is 12.4 Å². The molecule has 12 heavy (non-hydrogen) atoms. The molecule has 0 spiro atoms. The van der Waals surface area contributed by atoms with Gasteiger partial charge in [-0.05, 0) is 13.8 Å². The molecule has 0 radical (unpaired) electrons. The summed E-state index contributed by atoms with van der Waals surface area (Å²) < 4.78 is 0. The zero-order valence-corrected chi connectivity index (χ0v) is 7.65. The molecule has 4 heteroatoms. The molecular formula is C8H15NO3. The zero-order chi connectivity index (χ0) is 9.72. The maximum Gasteiger partial charge on any atom is 0.251 e. The van der Waals surface area contributed by atoms with Gasteiger partial charge in [0, 0.05) is 19.5 Å². The molecule has 0 aliphatic rings. The van der Waals surface area contributed by atoms with Crippen LogP contribution in [-0.4, -0.2) is 41.4 Å². The fraction of sp³-hybridized carbons (Fsp3) is 0.750. The third-order valence-corrected chi connectivity index (χ3v) is 1.73. The van der Waals surface area contributed by atoms with Crippen LogP contribution in [0.15, 0.2) is 0 Å². The number of nitrogens with zero attached hydrogens (tertiary/aromatic N) is 1. The highest BCUT2D eigenvalue weighted by molar-refractivity contribution is 5.82. The van der Waals surface area contributed by atoms with Gasteiger partial charge in [-0.25, -0.2) is 0 Å². The Hall–Kier alpha value is -0.900. The van der Waals surface area contributed by atoms with Crippen LogP contribution in [0.5, 0.6) is 0 Å². The van der Waals surface area contributed by atoms with Gasteiger partial charge in [-0.15, -0.1) is 0 Å². The van der Waals surface area contributed by atoms with Crippen molar-refractivity contribution in [3.05, 3.63) is 0 Å². The first-order valence-electron chi connectivity index (χ1n) is 3.89. The van der Waals surface area contributed by atoms with E-state index in [0.29, 0.717) is 6.29 Å². The molecule has 4 nitrogen and oxygen atoms in total. The number of rotatable bonds is 4. The number of aldehydes is 1. The van der Waals surface area contributed by atoms with Crippen molar-refractivity contribution in [1.29, 1.82) is 0 Å². The second kappa shape index (κ2) is 4.87. The highest BCUT2D eigenvalue weighted by Gasteiger charge is 2.20. The summed E-state index contributed by atoms with van der Waals surface area (Å²) in [5, 5.41) is 9.11. The molecule has 70 valence electrons. The first kappa shape index (κ1) is 11.1. The number of aliphatic hydroxyl groups excluding tert-OH is 1. The molecule has 0 saturated carbocycles. The monoisotopic (exact) mass is 173 g/mol. The van der Waals surface area contributed by atoms with Crippen molar-refractivity contribution >= 4 is 12.2 Å². The van der Waals surface area contributed by atoms with Gasteiger partial charge in [-0.1, -0.05) is 0 Å². The van der Waals surface area contributed by atoms with Crippen LogP contribution >= 0.6 is 0 Å². The van der Waals surface area contributed by atoms with E-state index in [9.17, 15) is 9.59 Å². The Morgan fingerprint density at radius 1 is 1.58 bits per heavy atom. The third-order valence-electron chi connectivity index (χ3n) is 1.73. The smallest absolute Gasteiger partial charge is 0.251 e. The predicted octanol–water partition coefficient (Wildman–Crippen LogP) is -0.197. The van der Waals surface area contributed by atoms with E-state index in [1.165, 1.54) is 4.90 Å². The first-order chi connectivity index (χ1) is 5.50. The lowest BCUT2D eigenvalue weighted by Gasteiger charge is -2.23. The maximum atomic E-state index is 11.2. The third kappa shape index (κ3) is 3.00. The minimum absolute atomic E-state index is 0.0406. The summed E-state index contributed by atoms with van der Waals surface area (Å²) in [5.41, 5.74) is 0. The summed E-state index contributed by atoms with van der Waals surface area (Å²) in [5.74, 6) is -0.405. The first-order valence-corrected chi connectivity index (χ1v) is 3.89. The van der Waals surface area contributed by atoms with Crippen molar-refractivity contribution in [2.45, 2.75) is 32.4 Å². The normalized spacial score (nSPS) is 12.8. The molecule has 1 unspecified atom stereocenters. The van der Waals surface area contributed by atoms with E-state index in [1.807, 2.05) is 13.8 Å². The SMILES string of the molecule is CC(C)N(C)C(=O)C(O)CC=O. The summed E-state index contributed by atoms with van der Waals surface area (Å²) in [6.07, 6.45) is -0.776. The summed E-state index contributed by atoms with van der Waals surface area (Å²) >= 11 is 0. The van der Waals surface area contributed by atoms with Crippen LogP contribution < -0.4 is 0 Å². The minimum Gasteiger partial charge on any atom is -0.383 e. The maximum absolute atomic E-state index is 11.2. The van der Waals surface area contributed by atoms with Gasteiger partial charge in [-0.2, -0.15) is 0 Å². The molecular weight excluding hydrogens is 158 g/mol. The molecule has 0 aliphatic carbocycles. The van der Waals surface area contributed by atoms with Crippen molar-refractivity contribution in [3.8, 4) is 0 Å². The fourth-order valence-corrected chi connectivity index (χ4v) is 0.682. The number of carbonyl (C=O) groups excluding carboxylic acids is 2. The van der Waals surface area contributed by atoms with Crippen molar-refractivity contribution in [2.75, 3.05) is 7.05 Å². The van der Waals surface area contributed by atoms with E-state index in [2.05, 4.69) is 0 Å². The number of hydrogen-bond acceptors (Lipinski definition) is 3. The number of likely N-dealkylation sites (N-methyl/N-ethyl adjacent to an activating group) is 1. The number of hydrogen-bond donors (Lipinski definition) is 1. The van der Waals surface area contributed by atoms with Crippen molar-refractivity contribution in [3.63, 3.8) is 0 Å². The molecule has 1 atom stereocenters. The van der Waals surface area contributed by atoms with Crippen molar-refractivity contribution in [1.82, 2.24) is 4.90 Å². The Balaban J connectivity index is 4.08. The fourth-order valence-electron chi connectivity index (χ4n) is 0.682. The largest absolute Gasteiger partial charge is 0.383 e. The van der Waals surface area contributed by atoms with E-state index in [4.69, 9.17) is 5.11 Å². The molecule has 0 saturated heterocycles. The van der Waals surface area contributed by atoms with Crippen LogP contribution in [0, 0.1) is 0 Å². The molecule has 0 aromatic rings. The van der Waals surface area contributed by atoms with Crippen LogP contribution in [0.4, 0.5) is 0 Å². The average molecular weight is 173 g/mol.